The first-order chi connectivity index (χ1) is 9.83. The van der Waals surface area contributed by atoms with E-state index in [4.69, 9.17) is 11.6 Å². The fraction of sp³-hybridized carbons (Fsp3) is 0.0714. The zero-order valence-electron chi connectivity index (χ0n) is 11.1. The second-order valence-electron chi connectivity index (χ2n) is 4.42. The lowest BCUT2D eigenvalue weighted by molar-refractivity contribution is 0.102. The summed E-state index contributed by atoms with van der Waals surface area (Å²) in [5.74, 6) is -0.303. The monoisotopic (exact) mass is 324 g/mol. The predicted molar refractivity (Wildman–Crippen MR) is 84.3 cm³/mol. The number of rotatable bonds is 4. The molecule has 0 aliphatic rings. The van der Waals surface area contributed by atoms with Gasteiger partial charge in [-0.25, -0.2) is 8.42 Å². The van der Waals surface area contributed by atoms with Crippen LogP contribution in [-0.2, 0) is 10.0 Å². The van der Waals surface area contributed by atoms with Gasteiger partial charge in [-0.15, -0.1) is 0 Å². The Hall–Kier alpha value is -2.05. The van der Waals surface area contributed by atoms with Crippen LogP contribution in [-0.4, -0.2) is 20.6 Å². The van der Waals surface area contributed by atoms with Crippen molar-refractivity contribution in [3.05, 3.63) is 59.1 Å². The maximum absolute atomic E-state index is 12.0. The smallest absolute Gasteiger partial charge is 0.255 e. The van der Waals surface area contributed by atoms with Gasteiger partial charge in [-0.05, 0) is 42.5 Å². The largest absolute Gasteiger partial charge is 0.322 e. The van der Waals surface area contributed by atoms with Crippen LogP contribution in [0, 0.1) is 0 Å². The Morgan fingerprint density at radius 3 is 2.29 bits per heavy atom. The van der Waals surface area contributed by atoms with Gasteiger partial charge in [0, 0.05) is 22.0 Å². The molecule has 0 radical (unpaired) electrons. The molecule has 0 heterocycles. The molecule has 0 unspecified atom stereocenters. The number of carbonyl (C=O) groups is 1. The van der Waals surface area contributed by atoms with Crippen molar-refractivity contribution in [1.29, 1.82) is 0 Å². The van der Waals surface area contributed by atoms with E-state index in [1.165, 1.54) is 24.3 Å². The fourth-order valence-electron chi connectivity index (χ4n) is 1.67. The standard InChI is InChI=1S/C14H13ClN2O3S/c1-21(19,20)17-12-7-5-10(6-8-12)14(18)16-13-4-2-3-11(15)9-13/h2-9,17H,1H3,(H,16,18). The Morgan fingerprint density at radius 2 is 1.71 bits per heavy atom. The number of nitrogens with one attached hydrogen (secondary N) is 2. The van der Waals surface area contributed by atoms with Crippen molar-refractivity contribution in [1.82, 2.24) is 0 Å². The quantitative estimate of drug-likeness (QED) is 0.908. The molecule has 0 fully saturated rings. The minimum Gasteiger partial charge on any atom is -0.322 e. The normalized spacial score (nSPS) is 11.0. The number of anilines is 2. The van der Waals surface area contributed by atoms with Crippen LogP contribution >= 0.6 is 11.6 Å². The van der Waals surface area contributed by atoms with E-state index in [0.717, 1.165) is 6.26 Å². The lowest BCUT2D eigenvalue weighted by atomic mass is 10.2. The van der Waals surface area contributed by atoms with Crippen molar-refractivity contribution in [2.45, 2.75) is 0 Å². The van der Waals surface area contributed by atoms with Gasteiger partial charge in [0.2, 0.25) is 10.0 Å². The van der Waals surface area contributed by atoms with E-state index in [0.29, 0.717) is 22.0 Å². The average molecular weight is 325 g/mol. The molecule has 110 valence electrons. The maximum Gasteiger partial charge on any atom is 0.255 e. The summed E-state index contributed by atoms with van der Waals surface area (Å²) in [6.07, 6.45) is 1.06. The molecule has 2 aromatic rings. The maximum atomic E-state index is 12.0. The van der Waals surface area contributed by atoms with Gasteiger partial charge >= 0.3 is 0 Å². The molecular formula is C14H13ClN2O3S. The molecule has 2 N–H and O–H groups in total. The molecule has 21 heavy (non-hydrogen) atoms. The second-order valence-corrected chi connectivity index (χ2v) is 6.60. The van der Waals surface area contributed by atoms with Crippen LogP contribution in [0.25, 0.3) is 0 Å². The SMILES string of the molecule is CS(=O)(=O)Nc1ccc(C(=O)Nc2cccc(Cl)c2)cc1. The summed E-state index contributed by atoms with van der Waals surface area (Å²) in [5, 5.41) is 3.23. The molecule has 0 aliphatic carbocycles. The van der Waals surface area contributed by atoms with Crippen LogP contribution in [0.3, 0.4) is 0 Å². The van der Waals surface area contributed by atoms with Crippen LogP contribution in [0.5, 0.6) is 0 Å². The molecule has 0 aliphatic heterocycles. The molecule has 1 amide bonds. The lowest BCUT2D eigenvalue weighted by Gasteiger charge is -2.07. The molecule has 0 aromatic heterocycles. The Balaban J connectivity index is 2.10. The van der Waals surface area contributed by atoms with Gasteiger partial charge in [0.05, 0.1) is 6.26 Å². The summed E-state index contributed by atoms with van der Waals surface area (Å²) in [7, 11) is -3.33. The molecule has 7 heteroatoms. The highest BCUT2D eigenvalue weighted by Gasteiger charge is 2.07. The highest BCUT2D eigenvalue weighted by atomic mass is 35.5. The number of carbonyl (C=O) groups excluding carboxylic acids is 1. The van der Waals surface area contributed by atoms with Crippen LogP contribution in [0.4, 0.5) is 11.4 Å². The highest BCUT2D eigenvalue weighted by molar-refractivity contribution is 7.92. The van der Waals surface area contributed by atoms with Crippen LogP contribution in [0.2, 0.25) is 5.02 Å². The van der Waals surface area contributed by atoms with Gasteiger partial charge in [-0.3, -0.25) is 9.52 Å². The number of benzene rings is 2. The fourth-order valence-corrected chi connectivity index (χ4v) is 2.43. The Labute approximate surface area is 128 Å². The Kier molecular flexibility index (Phi) is 4.50. The van der Waals surface area contributed by atoms with E-state index in [1.807, 2.05) is 0 Å². The molecule has 0 bridgehead atoms. The van der Waals surface area contributed by atoms with E-state index in [-0.39, 0.29) is 5.91 Å². The third-order valence-electron chi connectivity index (χ3n) is 2.53. The molecule has 5 nitrogen and oxygen atoms in total. The third-order valence-corrected chi connectivity index (χ3v) is 3.37. The van der Waals surface area contributed by atoms with E-state index in [1.54, 1.807) is 24.3 Å². The number of halogens is 1. The van der Waals surface area contributed by atoms with Gasteiger partial charge in [0.15, 0.2) is 0 Å². The van der Waals surface area contributed by atoms with Gasteiger partial charge in [-0.1, -0.05) is 17.7 Å². The minimum atomic E-state index is -3.33. The van der Waals surface area contributed by atoms with E-state index in [2.05, 4.69) is 10.0 Å². The summed E-state index contributed by atoms with van der Waals surface area (Å²) in [6.45, 7) is 0. The minimum absolute atomic E-state index is 0.303. The van der Waals surface area contributed by atoms with Crippen molar-refractivity contribution >= 4 is 38.9 Å². The zero-order valence-corrected chi connectivity index (χ0v) is 12.7. The van der Waals surface area contributed by atoms with Crippen LogP contribution in [0.1, 0.15) is 10.4 Å². The van der Waals surface area contributed by atoms with E-state index in [9.17, 15) is 13.2 Å². The summed E-state index contributed by atoms with van der Waals surface area (Å²) in [6, 6.07) is 12.9. The molecule has 0 saturated carbocycles. The molecular weight excluding hydrogens is 312 g/mol. The predicted octanol–water partition coefficient (Wildman–Crippen LogP) is 2.96. The Morgan fingerprint density at radius 1 is 1.05 bits per heavy atom. The number of sulfonamides is 1. The topological polar surface area (TPSA) is 75.3 Å². The summed E-state index contributed by atoms with van der Waals surface area (Å²) >= 11 is 5.84. The molecule has 2 aromatic carbocycles. The van der Waals surface area contributed by atoms with Crippen molar-refractivity contribution in [2.75, 3.05) is 16.3 Å². The van der Waals surface area contributed by atoms with Gasteiger partial charge in [0.1, 0.15) is 0 Å². The second kappa shape index (κ2) is 6.15. The lowest BCUT2D eigenvalue weighted by Crippen LogP contribution is -2.12. The Bertz CT molecular complexity index is 758. The number of hydrogen-bond acceptors (Lipinski definition) is 3. The molecule has 0 saturated heterocycles. The summed E-state index contributed by atoms with van der Waals surface area (Å²) < 4.78 is 24.5. The molecule has 0 atom stereocenters. The first-order valence-corrected chi connectivity index (χ1v) is 8.25. The number of hydrogen-bond donors (Lipinski definition) is 2. The van der Waals surface area contributed by atoms with Crippen LogP contribution in [0.15, 0.2) is 48.5 Å². The van der Waals surface area contributed by atoms with Crippen molar-refractivity contribution in [3.63, 3.8) is 0 Å². The summed E-state index contributed by atoms with van der Waals surface area (Å²) in [5.41, 5.74) is 1.40. The molecule has 2 rings (SSSR count). The van der Waals surface area contributed by atoms with Crippen molar-refractivity contribution in [2.24, 2.45) is 0 Å². The van der Waals surface area contributed by atoms with Crippen LogP contribution < -0.4 is 10.0 Å². The summed E-state index contributed by atoms with van der Waals surface area (Å²) in [4.78, 5) is 12.0. The van der Waals surface area contributed by atoms with Crippen molar-refractivity contribution < 1.29 is 13.2 Å². The average Bonchev–Trinajstić information content (AvgIpc) is 2.37. The zero-order chi connectivity index (χ0) is 15.5. The molecule has 0 spiro atoms. The first-order valence-electron chi connectivity index (χ1n) is 5.98. The van der Waals surface area contributed by atoms with E-state index < -0.39 is 10.0 Å². The first kappa shape index (κ1) is 15.3. The van der Waals surface area contributed by atoms with Crippen molar-refractivity contribution in [3.8, 4) is 0 Å². The third kappa shape index (κ3) is 4.77. The van der Waals surface area contributed by atoms with Gasteiger partial charge < -0.3 is 5.32 Å². The van der Waals surface area contributed by atoms with Gasteiger partial charge in [0.25, 0.3) is 5.91 Å². The highest BCUT2D eigenvalue weighted by Crippen LogP contribution is 2.17. The number of amides is 1. The van der Waals surface area contributed by atoms with Gasteiger partial charge in [-0.2, -0.15) is 0 Å². The van der Waals surface area contributed by atoms with E-state index >= 15 is 0 Å².